The summed E-state index contributed by atoms with van der Waals surface area (Å²) in [5, 5.41) is 8.74. The standard InChI is InChI=1S/C11H14N6O3/c18-8(4-17-7-12-6-13-17)16-3-1-2-11(5-16)9(19)14-10(20)15-11/h6-7H,1-5H2,(H2,14,15,19,20). The van der Waals surface area contributed by atoms with Gasteiger partial charge in [-0.15, -0.1) is 0 Å². The number of urea groups is 1. The van der Waals surface area contributed by atoms with Gasteiger partial charge in [-0.05, 0) is 12.8 Å². The molecule has 9 heteroatoms. The summed E-state index contributed by atoms with van der Waals surface area (Å²) in [5.41, 5.74) is -0.979. The van der Waals surface area contributed by atoms with Crippen molar-refractivity contribution in [2.24, 2.45) is 0 Å². The molecular weight excluding hydrogens is 264 g/mol. The van der Waals surface area contributed by atoms with Gasteiger partial charge >= 0.3 is 6.03 Å². The quantitative estimate of drug-likeness (QED) is 0.638. The molecule has 0 aliphatic carbocycles. The number of hydrogen-bond donors (Lipinski definition) is 2. The highest BCUT2D eigenvalue weighted by atomic mass is 16.2. The number of piperidine rings is 1. The van der Waals surface area contributed by atoms with E-state index in [4.69, 9.17) is 0 Å². The summed E-state index contributed by atoms with van der Waals surface area (Å²) < 4.78 is 1.43. The smallest absolute Gasteiger partial charge is 0.322 e. The number of nitrogens with zero attached hydrogens (tertiary/aromatic N) is 4. The van der Waals surface area contributed by atoms with Gasteiger partial charge in [-0.25, -0.2) is 14.5 Å². The fourth-order valence-corrected chi connectivity index (χ4v) is 2.64. The Morgan fingerprint density at radius 1 is 1.45 bits per heavy atom. The summed E-state index contributed by atoms with van der Waals surface area (Å²) in [6, 6.07) is -0.499. The van der Waals surface area contributed by atoms with Crippen molar-refractivity contribution in [3.05, 3.63) is 12.7 Å². The molecule has 2 aliphatic heterocycles. The van der Waals surface area contributed by atoms with Gasteiger partial charge in [-0.2, -0.15) is 5.10 Å². The summed E-state index contributed by atoms with van der Waals surface area (Å²) in [6.45, 7) is 0.835. The van der Waals surface area contributed by atoms with Crippen LogP contribution in [0.4, 0.5) is 4.79 Å². The first-order valence-corrected chi connectivity index (χ1v) is 6.33. The summed E-state index contributed by atoms with van der Waals surface area (Å²) in [7, 11) is 0. The maximum absolute atomic E-state index is 12.2. The van der Waals surface area contributed by atoms with E-state index in [1.54, 1.807) is 4.90 Å². The van der Waals surface area contributed by atoms with E-state index in [0.29, 0.717) is 19.4 Å². The predicted molar refractivity (Wildman–Crippen MR) is 65.2 cm³/mol. The highest BCUT2D eigenvalue weighted by Gasteiger charge is 2.49. The van der Waals surface area contributed by atoms with Crippen LogP contribution in [0.1, 0.15) is 12.8 Å². The molecule has 2 N–H and O–H groups in total. The molecule has 9 nitrogen and oxygen atoms in total. The highest BCUT2D eigenvalue weighted by Crippen LogP contribution is 2.24. The van der Waals surface area contributed by atoms with E-state index in [1.807, 2.05) is 0 Å². The molecule has 1 atom stereocenters. The van der Waals surface area contributed by atoms with Crippen LogP contribution in [0.3, 0.4) is 0 Å². The van der Waals surface area contributed by atoms with Gasteiger partial charge in [0.05, 0.1) is 6.54 Å². The van der Waals surface area contributed by atoms with E-state index >= 15 is 0 Å². The zero-order chi connectivity index (χ0) is 14.2. The zero-order valence-electron chi connectivity index (χ0n) is 10.7. The molecule has 0 aromatic carbocycles. The van der Waals surface area contributed by atoms with Gasteiger partial charge in [-0.1, -0.05) is 0 Å². The molecule has 2 fully saturated rings. The lowest BCUT2D eigenvalue weighted by molar-refractivity contribution is -0.136. The van der Waals surface area contributed by atoms with Gasteiger partial charge in [0.1, 0.15) is 24.7 Å². The first-order chi connectivity index (χ1) is 9.59. The van der Waals surface area contributed by atoms with Gasteiger partial charge in [0.2, 0.25) is 5.91 Å². The number of hydrogen-bond acceptors (Lipinski definition) is 5. The Morgan fingerprint density at radius 3 is 2.95 bits per heavy atom. The minimum atomic E-state index is -0.979. The first kappa shape index (κ1) is 12.6. The van der Waals surface area contributed by atoms with Crippen molar-refractivity contribution in [2.45, 2.75) is 24.9 Å². The van der Waals surface area contributed by atoms with E-state index in [1.165, 1.54) is 17.3 Å². The van der Waals surface area contributed by atoms with Crippen molar-refractivity contribution in [3.8, 4) is 0 Å². The van der Waals surface area contributed by atoms with E-state index in [0.717, 1.165) is 0 Å². The van der Waals surface area contributed by atoms with Crippen LogP contribution in [0.5, 0.6) is 0 Å². The maximum atomic E-state index is 12.2. The Labute approximate surface area is 114 Å². The Hall–Kier alpha value is -2.45. The molecule has 1 spiro atoms. The number of carbonyl (C=O) groups excluding carboxylic acids is 3. The number of amides is 4. The Morgan fingerprint density at radius 2 is 2.30 bits per heavy atom. The number of carbonyl (C=O) groups is 3. The molecule has 0 bridgehead atoms. The fourth-order valence-electron chi connectivity index (χ4n) is 2.64. The SMILES string of the molecule is O=C1NC(=O)C2(CCCN(C(=O)Cn3cncn3)C2)N1. The van der Waals surface area contributed by atoms with Gasteiger partial charge in [0.25, 0.3) is 5.91 Å². The van der Waals surface area contributed by atoms with Crippen LogP contribution in [0, 0.1) is 0 Å². The molecular formula is C11H14N6O3. The van der Waals surface area contributed by atoms with Crippen molar-refractivity contribution in [3.63, 3.8) is 0 Å². The second kappa shape index (κ2) is 4.58. The highest BCUT2D eigenvalue weighted by molar-refractivity contribution is 6.07. The Kier molecular flexibility index (Phi) is 2.88. The van der Waals surface area contributed by atoms with Crippen LogP contribution < -0.4 is 10.6 Å². The lowest BCUT2D eigenvalue weighted by Gasteiger charge is -2.37. The van der Waals surface area contributed by atoms with Crippen molar-refractivity contribution in [1.82, 2.24) is 30.3 Å². The monoisotopic (exact) mass is 278 g/mol. The summed E-state index contributed by atoms with van der Waals surface area (Å²) in [4.78, 5) is 40.7. The lowest BCUT2D eigenvalue weighted by Crippen LogP contribution is -2.60. The third-order valence-corrected chi connectivity index (χ3v) is 3.62. The van der Waals surface area contributed by atoms with E-state index in [-0.39, 0.29) is 24.9 Å². The van der Waals surface area contributed by atoms with Crippen LogP contribution in [-0.2, 0) is 16.1 Å². The minimum absolute atomic E-state index is 0.0750. The first-order valence-electron chi connectivity index (χ1n) is 6.33. The number of imide groups is 1. The second-order valence-corrected chi connectivity index (χ2v) is 5.00. The number of rotatable bonds is 2. The topological polar surface area (TPSA) is 109 Å². The maximum Gasteiger partial charge on any atom is 0.322 e. The number of aromatic nitrogens is 3. The number of likely N-dealkylation sites (tertiary alicyclic amines) is 1. The third kappa shape index (κ3) is 2.10. The van der Waals surface area contributed by atoms with E-state index < -0.39 is 11.6 Å². The molecule has 20 heavy (non-hydrogen) atoms. The van der Waals surface area contributed by atoms with Gasteiger partial charge in [0.15, 0.2) is 0 Å². The Bertz CT molecular complexity index is 557. The number of nitrogens with one attached hydrogen (secondary N) is 2. The summed E-state index contributed by atoms with van der Waals surface area (Å²) in [5.74, 6) is -0.510. The summed E-state index contributed by atoms with van der Waals surface area (Å²) in [6.07, 6.45) is 4.02. The van der Waals surface area contributed by atoms with Crippen LogP contribution in [0.25, 0.3) is 0 Å². The van der Waals surface area contributed by atoms with E-state index in [2.05, 4.69) is 20.7 Å². The molecule has 1 unspecified atom stereocenters. The van der Waals surface area contributed by atoms with Gasteiger partial charge in [0, 0.05) is 6.54 Å². The molecule has 1 aromatic rings. The third-order valence-electron chi connectivity index (χ3n) is 3.62. The molecule has 0 saturated carbocycles. The van der Waals surface area contributed by atoms with Gasteiger partial charge in [-0.3, -0.25) is 14.9 Å². The zero-order valence-corrected chi connectivity index (χ0v) is 10.7. The van der Waals surface area contributed by atoms with Crippen LogP contribution in [0.2, 0.25) is 0 Å². The largest absolute Gasteiger partial charge is 0.338 e. The van der Waals surface area contributed by atoms with Crippen molar-refractivity contribution in [1.29, 1.82) is 0 Å². The van der Waals surface area contributed by atoms with Crippen molar-refractivity contribution < 1.29 is 14.4 Å². The summed E-state index contributed by atoms with van der Waals surface area (Å²) >= 11 is 0. The molecule has 0 radical (unpaired) electrons. The van der Waals surface area contributed by atoms with Crippen molar-refractivity contribution in [2.75, 3.05) is 13.1 Å². The normalized spacial score (nSPS) is 25.7. The average Bonchev–Trinajstić information content (AvgIpc) is 2.99. The van der Waals surface area contributed by atoms with Crippen LogP contribution in [0.15, 0.2) is 12.7 Å². The molecule has 1 aromatic heterocycles. The second-order valence-electron chi connectivity index (χ2n) is 5.00. The van der Waals surface area contributed by atoms with Gasteiger partial charge < -0.3 is 10.2 Å². The fraction of sp³-hybridized carbons (Fsp3) is 0.545. The van der Waals surface area contributed by atoms with Crippen LogP contribution in [-0.4, -0.2) is 56.1 Å². The lowest BCUT2D eigenvalue weighted by atomic mass is 9.89. The molecule has 106 valence electrons. The Balaban J connectivity index is 1.70. The van der Waals surface area contributed by atoms with Crippen molar-refractivity contribution >= 4 is 17.8 Å². The molecule has 4 amide bonds. The average molecular weight is 278 g/mol. The molecule has 2 saturated heterocycles. The molecule has 3 heterocycles. The van der Waals surface area contributed by atoms with E-state index in [9.17, 15) is 14.4 Å². The minimum Gasteiger partial charge on any atom is -0.338 e. The molecule has 2 aliphatic rings. The molecule has 3 rings (SSSR count). The van der Waals surface area contributed by atoms with Crippen LogP contribution >= 0.6 is 0 Å². The predicted octanol–water partition coefficient (Wildman–Crippen LogP) is -1.52.